The van der Waals surface area contributed by atoms with Crippen LogP contribution < -0.4 is 5.73 Å². The summed E-state index contributed by atoms with van der Waals surface area (Å²) in [5, 5.41) is 2.11. The molecule has 1 rings (SSSR count). The van der Waals surface area contributed by atoms with Gasteiger partial charge in [-0.1, -0.05) is 13.8 Å². The molecule has 3 nitrogen and oxygen atoms in total. The lowest BCUT2D eigenvalue weighted by Gasteiger charge is -2.44. The second-order valence-electron chi connectivity index (χ2n) is 4.98. The summed E-state index contributed by atoms with van der Waals surface area (Å²) in [5.74, 6) is 0.441. The first kappa shape index (κ1) is 16.1. The van der Waals surface area contributed by atoms with Gasteiger partial charge in [0.2, 0.25) is 0 Å². The Labute approximate surface area is 122 Å². The van der Waals surface area contributed by atoms with E-state index in [0.717, 1.165) is 11.0 Å². The molecule has 2 N–H and O–H groups in total. The highest BCUT2D eigenvalue weighted by atomic mass is 79.9. The number of hydrogen-bond donors (Lipinski definition) is 1. The molecule has 1 aromatic heterocycles. The van der Waals surface area contributed by atoms with Gasteiger partial charge in [-0.05, 0) is 35.0 Å². The largest absolute Gasteiger partial charge is 0.383 e. The van der Waals surface area contributed by atoms with Crippen LogP contribution in [0.1, 0.15) is 18.7 Å². The Morgan fingerprint density at radius 3 is 2.61 bits per heavy atom. The molecule has 0 aliphatic heterocycles. The molecular weight excluding hydrogens is 312 g/mol. The summed E-state index contributed by atoms with van der Waals surface area (Å²) < 4.78 is 6.54. The molecule has 0 bridgehead atoms. The fraction of sp³-hybridized carbons (Fsp3) is 0.692. The Balaban J connectivity index is 2.84. The van der Waals surface area contributed by atoms with Crippen LogP contribution in [-0.2, 0) is 11.3 Å². The van der Waals surface area contributed by atoms with Crippen molar-refractivity contribution in [1.29, 1.82) is 0 Å². The molecule has 0 saturated heterocycles. The van der Waals surface area contributed by atoms with Gasteiger partial charge in [0.25, 0.3) is 0 Å². The maximum atomic E-state index is 6.03. The molecule has 0 saturated carbocycles. The maximum absolute atomic E-state index is 6.03. The molecule has 1 heterocycles. The Morgan fingerprint density at radius 2 is 2.22 bits per heavy atom. The maximum Gasteiger partial charge on any atom is 0.0661 e. The molecule has 0 amide bonds. The van der Waals surface area contributed by atoms with Crippen molar-refractivity contribution in [3.8, 4) is 0 Å². The zero-order valence-electron chi connectivity index (χ0n) is 11.6. The number of ether oxygens (including phenoxy) is 1. The smallest absolute Gasteiger partial charge is 0.0661 e. The lowest BCUT2D eigenvalue weighted by molar-refractivity contribution is -0.00505. The average Bonchev–Trinajstić information content (AvgIpc) is 2.71. The van der Waals surface area contributed by atoms with E-state index in [2.05, 4.69) is 53.2 Å². The van der Waals surface area contributed by atoms with Gasteiger partial charge in [-0.3, -0.25) is 4.90 Å². The van der Waals surface area contributed by atoms with Crippen LogP contribution in [0.25, 0.3) is 0 Å². The first-order valence-electron chi connectivity index (χ1n) is 6.09. The monoisotopic (exact) mass is 334 g/mol. The van der Waals surface area contributed by atoms with Crippen molar-refractivity contribution in [2.45, 2.75) is 25.9 Å². The number of hydrogen-bond acceptors (Lipinski definition) is 4. The SMILES string of the molecule is COCC(CN)(C(C)C)N(C)Cc1cc(Br)cs1. The Bertz CT molecular complexity index is 370. The standard InChI is InChI=1S/C13H23BrN2OS/c1-10(2)13(8-15,9-17-4)16(3)6-12-5-11(14)7-18-12/h5,7,10H,6,8-9,15H2,1-4H3. The molecule has 1 unspecified atom stereocenters. The van der Waals surface area contributed by atoms with Gasteiger partial charge in [0, 0.05) is 34.9 Å². The van der Waals surface area contributed by atoms with Crippen LogP contribution in [0.5, 0.6) is 0 Å². The summed E-state index contributed by atoms with van der Waals surface area (Å²) in [6.07, 6.45) is 0. The van der Waals surface area contributed by atoms with E-state index in [1.807, 2.05) is 0 Å². The van der Waals surface area contributed by atoms with Crippen molar-refractivity contribution >= 4 is 27.3 Å². The number of likely N-dealkylation sites (N-methyl/N-ethyl adjacent to an activating group) is 1. The van der Waals surface area contributed by atoms with E-state index in [9.17, 15) is 0 Å². The lowest BCUT2D eigenvalue weighted by atomic mass is 9.85. The van der Waals surface area contributed by atoms with Crippen molar-refractivity contribution in [2.75, 3.05) is 27.3 Å². The highest BCUT2D eigenvalue weighted by Crippen LogP contribution is 2.28. The number of halogens is 1. The van der Waals surface area contributed by atoms with Gasteiger partial charge in [0.1, 0.15) is 0 Å². The number of nitrogens with zero attached hydrogens (tertiary/aromatic N) is 1. The summed E-state index contributed by atoms with van der Waals surface area (Å²) in [7, 11) is 3.86. The van der Waals surface area contributed by atoms with Gasteiger partial charge in [-0.15, -0.1) is 11.3 Å². The fourth-order valence-corrected chi connectivity index (χ4v) is 3.75. The molecule has 0 aliphatic rings. The Morgan fingerprint density at radius 1 is 1.56 bits per heavy atom. The van der Waals surface area contributed by atoms with Crippen LogP contribution in [-0.4, -0.2) is 37.7 Å². The Hall–Kier alpha value is 0.0600. The van der Waals surface area contributed by atoms with Crippen LogP contribution in [0.3, 0.4) is 0 Å². The number of methoxy groups -OCH3 is 1. The van der Waals surface area contributed by atoms with Gasteiger partial charge in [-0.2, -0.15) is 0 Å². The van der Waals surface area contributed by atoms with E-state index < -0.39 is 0 Å². The second-order valence-corrected chi connectivity index (χ2v) is 6.89. The topological polar surface area (TPSA) is 38.5 Å². The summed E-state index contributed by atoms with van der Waals surface area (Å²) >= 11 is 5.26. The lowest BCUT2D eigenvalue weighted by Crippen LogP contribution is -2.58. The zero-order chi connectivity index (χ0) is 13.8. The van der Waals surface area contributed by atoms with Crippen LogP contribution >= 0.6 is 27.3 Å². The molecule has 104 valence electrons. The summed E-state index contributed by atoms with van der Waals surface area (Å²) in [6, 6.07) is 2.16. The first-order chi connectivity index (χ1) is 8.46. The molecule has 0 fully saturated rings. The molecule has 1 atom stereocenters. The van der Waals surface area contributed by atoms with Gasteiger partial charge >= 0.3 is 0 Å². The molecule has 0 radical (unpaired) electrons. The third kappa shape index (κ3) is 3.54. The van der Waals surface area contributed by atoms with Gasteiger partial charge < -0.3 is 10.5 Å². The number of rotatable bonds is 7. The molecular formula is C13H23BrN2OS. The van der Waals surface area contributed by atoms with Crippen molar-refractivity contribution in [2.24, 2.45) is 11.7 Å². The first-order valence-corrected chi connectivity index (χ1v) is 7.76. The summed E-state index contributed by atoms with van der Waals surface area (Å²) in [4.78, 5) is 3.65. The van der Waals surface area contributed by atoms with E-state index >= 15 is 0 Å². The van der Waals surface area contributed by atoms with Crippen LogP contribution in [0.2, 0.25) is 0 Å². The van der Waals surface area contributed by atoms with Gasteiger partial charge in [0.05, 0.1) is 12.1 Å². The normalized spacial score (nSPS) is 15.3. The van der Waals surface area contributed by atoms with Crippen molar-refractivity contribution < 1.29 is 4.74 Å². The molecule has 0 aliphatic carbocycles. The Kier molecular flexibility index (Phi) is 6.27. The van der Waals surface area contributed by atoms with Crippen LogP contribution in [0.4, 0.5) is 0 Å². The fourth-order valence-electron chi connectivity index (χ4n) is 2.25. The average molecular weight is 335 g/mol. The predicted molar refractivity (Wildman–Crippen MR) is 82.0 cm³/mol. The third-order valence-electron chi connectivity index (χ3n) is 3.60. The second kappa shape index (κ2) is 7.01. The van der Waals surface area contributed by atoms with E-state index in [4.69, 9.17) is 10.5 Å². The van der Waals surface area contributed by atoms with Gasteiger partial charge in [0.15, 0.2) is 0 Å². The van der Waals surface area contributed by atoms with Crippen molar-refractivity contribution in [3.63, 3.8) is 0 Å². The number of thiophene rings is 1. The minimum absolute atomic E-state index is 0.106. The van der Waals surface area contributed by atoms with E-state index in [0.29, 0.717) is 19.1 Å². The highest BCUT2D eigenvalue weighted by Gasteiger charge is 2.36. The molecule has 18 heavy (non-hydrogen) atoms. The summed E-state index contributed by atoms with van der Waals surface area (Å²) in [5.41, 5.74) is 5.92. The minimum Gasteiger partial charge on any atom is -0.383 e. The van der Waals surface area contributed by atoms with E-state index in [-0.39, 0.29) is 5.54 Å². The minimum atomic E-state index is -0.106. The third-order valence-corrected chi connectivity index (χ3v) is 5.28. The molecule has 5 heteroatoms. The zero-order valence-corrected chi connectivity index (χ0v) is 14.0. The summed E-state index contributed by atoms with van der Waals surface area (Å²) in [6.45, 7) is 6.56. The van der Waals surface area contributed by atoms with Gasteiger partial charge in [-0.25, -0.2) is 0 Å². The highest BCUT2D eigenvalue weighted by molar-refractivity contribution is 9.10. The molecule has 1 aromatic rings. The molecule has 0 spiro atoms. The van der Waals surface area contributed by atoms with Crippen LogP contribution in [0, 0.1) is 5.92 Å². The molecule has 0 aromatic carbocycles. The van der Waals surface area contributed by atoms with Crippen molar-refractivity contribution in [1.82, 2.24) is 4.90 Å². The predicted octanol–water partition coefficient (Wildman–Crippen LogP) is 2.94. The number of nitrogens with two attached hydrogens (primary N) is 1. The van der Waals surface area contributed by atoms with Crippen molar-refractivity contribution in [3.05, 3.63) is 20.8 Å². The van der Waals surface area contributed by atoms with E-state index in [1.165, 1.54) is 4.88 Å². The van der Waals surface area contributed by atoms with Crippen LogP contribution in [0.15, 0.2) is 15.9 Å². The van der Waals surface area contributed by atoms with E-state index in [1.54, 1.807) is 18.4 Å². The quantitative estimate of drug-likeness (QED) is 0.833.